The highest BCUT2D eigenvalue weighted by atomic mass is 35.5. The van der Waals surface area contributed by atoms with E-state index in [0.717, 1.165) is 0 Å². The summed E-state index contributed by atoms with van der Waals surface area (Å²) in [5.74, 6) is 0.409. The topological polar surface area (TPSA) is 96.5 Å². The Bertz CT molecular complexity index is 1120. The first-order valence-electron chi connectivity index (χ1n) is 8.47. The first kappa shape index (κ1) is 20.5. The number of urea groups is 1. The molecule has 0 aliphatic heterocycles. The number of ether oxygens (including phenoxy) is 1. The van der Waals surface area contributed by atoms with Gasteiger partial charge in [0.2, 0.25) is 0 Å². The molecular weight excluding hydrogens is 414 g/mol. The standard InChI is InChI=1S/C20H18ClN3O4S/c1-28-19-8-3-2-7-18(19)24-29(26,27)17-11-9-15(10-12-17)22-20(25)23-16-6-4-5-14(21)13-16/h2-13,24H,1H3,(H2,22,23,25). The van der Waals surface area contributed by atoms with Crippen LogP contribution >= 0.6 is 11.6 Å². The van der Waals surface area contributed by atoms with Crippen LogP contribution in [0.1, 0.15) is 0 Å². The van der Waals surface area contributed by atoms with Crippen LogP contribution in [-0.4, -0.2) is 21.6 Å². The molecule has 2 amide bonds. The minimum atomic E-state index is -3.82. The molecule has 0 fully saturated rings. The van der Waals surface area contributed by atoms with Crippen molar-refractivity contribution in [1.29, 1.82) is 0 Å². The monoisotopic (exact) mass is 431 g/mol. The van der Waals surface area contributed by atoms with Gasteiger partial charge < -0.3 is 15.4 Å². The van der Waals surface area contributed by atoms with Crippen molar-refractivity contribution < 1.29 is 17.9 Å². The Morgan fingerprint density at radius 3 is 2.28 bits per heavy atom. The van der Waals surface area contributed by atoms with Crippen molar-refractivity contribution in [3.8, 4) is 5.75 Å². The third-order valence-corrected chi connectivity index (χ3v) is 5.47. The fourth-order valence-corrected chi connectivity index (χ4v) is 3.77. The molecule has 3 aromatic carbocycles. The zero-order valence-electron chi connectivity index (χ0n) is 15.3. The number of amides is 2. The lowest BCUT2D eigenvalue weighted by Crippen LogP contribution is -2.19. The lowest BCUT2D eigenvalue weighted by atomic mass is 10.3. The molecule has 0 aliphatic carbocycles. The molecule has 150 valence electrons. The number of carbonyl (C=O) groups is 1. The smallest absolute Gasteiger partial charge is 0.323 e. The lowest BCUT2D eigenvalue weighted by Gasteiger charge is -2.12. The van der Waals surface area contributed by atoms with Gasteiger partial charge in [0.15, 0.2) is 0 Å². The Hall–Kier alpha value is -3.23. The molecule has 0 atom stereocenters. The molecule has 3 N–H and O–H groups in total. The predicted octanol–water partition coefficient (Wildman–Crippen LogP) is 4.79. The SMILES string of the molecule is COc1ccccc1NS(=O)(=O)c1ccc(NC(=O)Nc2cccc(Cl)c2)cc1. The number of halogens is 1. The number of methoxy groups -OCH3 is 1. The number of nitrogens with one attached hydrogen (secondary N) is 3. The summed E-state index contributed by atoms with van der Waals surface area (Å²) >= 11 is 5.88. The van der Waals surface area contributed by atoms with Gasteiger partial charge in [0.25, 0.3) is 10.0 Å². The number of rotatable bonds is 6. The van der Waals surface area contributed by atoms with Gasteiger partial charge in [-0.05, 0) is 54.6 Å². The minimum Gasteiger partial charge on any atom is -0.495 e. The van der Waals surface area contributed by atoms with Gasteiger partial charge in [0.1, 0.15) is 5.75 Å². The maximum absolute atomic E-state index is 12.6. The van der Waals surface area contributed by atoms with Gasteiger partial charge >= 0.3 is 6.03 Å². The van der Waals surface area contributed by atoms with E-state index in [9.17, 15) is 13.2 Å². The molecule has 0 saturated heterocycles. The van der Waals surface area contributed by atoms with E-state index in [1.165, 1.54) is 31.4 Å². The average molecular weight is 432 g/mol. The summed E-state index contributed by atoms with van der Waals surface area (Å²) < 4.78 is 32.8. The summed E-state index contributed by atoms with van der Waals surface area (Å²) in [7, 11) is -2.36. The van der Waals surface area contributed by atoms with Crippen LogP contribution in [0.4, 0.5) is 21.9 Å². The van der Waals surface area contributed by atoms with Crippen LogP contribution in [-0.2, 0) is 10.0 Å². The van der Waals surface area contributed by atoms with Crippen molar-refractivity contribution in [2.24, 2.45) is 0 Å². The van der Waals surface area contributed by atoms with E-state index in [-0.39, 0.29) is 4.90 Å². The Morgan fingerprint density at radius 2 is 1.59 bits per heavy atom. The van der Waals surface area contributed by atoms with E-state index in [1.807, 2.05) is 0 Å². The van der Waals surface area contributed by atoms with Crippen molar-refractivity contribution in [2.75, 3.05) is 22.5 Å². The second-order valence-electron chi connectivity index (χ2n) is 5.92. The van der Waals surface area contributed by atoms with Crippen LogP contribution in [0.3, 0.4) is 0 Å². The zero-order valence-corrected chi connectivity index (χ0v) is 16.9. The zero-order chi connectivity index (χ0) is 20.9. The van der Waals surface area contributed by atoms with E-state index in [1.54, 1.807) is 48.5 Å². The van der Waals surface area contributed by atoms with Crippen LogP contribution in [0.2, 0.25) is 5.02 Å². The number of carbonyl (C=O) groups excluding carboxylic acids is 1. The third-order valence-electron chi connectivity index (χ3n) is 3.86. The number of benzene rings is 3. The fraction of sp³-hybridized carbons (Fsp3) is 0.0500. The predicted molar refractivity (Wildman–Crippen MR) is 114 cm³/mol. The first-order valence-corrected chi connectivity index (χ1v) is 10.3. The van der Waals surface area contributed by atoms with Gasteiger partial charge in [-0.2, -0.15) is 0 Å². The maximum Gasteiger partial charge on any atom is 0.323 e. The highest BCUT2D eigenvalue weighted by Crippen LogP contribution is 2.26. The average Bonchev–Trinajstić information content (AvgIpc) is 2.68. The molecule has 0 radical (unpaired) electrons. The van der Waals surface area contributed by atoms with Crippen LogP contribution < -0.4 is 20.1 Å². The first-order chi connectivity index (χ1) is 13.9. The molecule has 0 unspecified atom stereocenters. The van der Waals surface area contributed by atoms with Gasteiger partial charge in [-0.3, -0.25) is 4.72 Å². The summed E-state index contributed by atoms with van der Waals surface area (Å²) in [5.41, 5.74) is 1.30. The molecule has 0 heterocycles. The molecule has 0 bridgehead atoms. The Labute approximate surface area is 173 Å². The highest BCUT2D eigenvalue weighted by molar-refractivity contribution is 7.92. The van der Waals surface area contributed by atoms with E-state index in [0.29, 0.717) is 27.8 Å². The minimum absolute atomic E-state index is 0.0456. The summed E-state index contributed by atoms with van der Waals surface area (Å²) in [6.45, 7) is 0. The van der Waals surface area contributed by atoms with Gasteiger partial charge in [0, 0.05) is 16.4 Å². The molecule has 9 heteroatoms. The van der Waals surface area contributed by atoms with E-state index < -0.39 is 16.1 Å². The quantitative estimate of drug-likeness (QED) is 0.522. The number of hydrogen-bond donors (Lipinski definition) is 3. The molecule has 3 rings (SSSR count). The normalized spacial score (nSPS) is 10.8. The Kier molecular flexibility index (Phi) is 6.26. The Morgan fingerprint density at radius 1 is 0.897 bits per heavy atom. The van der Waals surface area contributed by atoms with Gasteiger partial charge in [0.05, 0.1) is 17.7 Å². The number of sulfonamides is 1. The molecule has 0 saturated carbocycles. The van der Waals surface area contributed by atoms with Crippen LogP contribution in [0.5, 0.6) is 5.75 Å². The van der Waals surface area contributed by atoms with E-state index in [4.69, 9.17) is 16.3 Å². The molecule has 0 aliphatic rings. The van der Waals surface area contributed by atoms with Crippen LogP contribution in [0, 0.1) is 0 Å². The second-order valence-corrected chi connectivity index (χ2v) is 8.04. The van der Waals surface area contributed by atoms with Gasteiger partial charge in [-0.15, -0.1) is 0 Å². The summed E-state index contributed by atoms with van der Waals surface area (Å²) in [6, 6.07) is 18.7. The van der Waals surface area contributed by atoms with Crippen molar-refractivity contribution in [3.63, 3.8) is 0 Å². The van der Waals surface area contributed by atoms with E-state index in [2.05, 4.69) is 15.4 Å². The van der Waals surface area contributed by atoms with E-state index >= 15 is 0 Å². The van der Waals surface area contributed by atoms with Crippen LogP contribution in [0.15, 0.2) is 77.7 Å². The lowest BCUT2D eigenvalue weighted by molar-refractivity contribution is 0.262. The Balaban J connectivity index is 1.68. The number of para-hydroxylation sites is 2. The van der Waals surface area contributed by atoms with Gasteiger partial charge in [-0.1, -0.05) is 29.8 Å². The molecule has 0 spiro atoms. The molecule has 0 aromatic heterocycles. The second kappa shape index (κ2) is 8.85. The largest absolute Gasteiger partial charge is 0.495 e. The molecule has 7 nitrogen and oxygen atoms in total. The summed E-state index contributed by atoms with van der Waals surface area (Å²) in [6.07, 6.45) is 0. The van der Waals surface area contributed by atoms with Crippen LogP contribution in [0.25, 0.3) is 0 Å². The third kappa shape index (κ3) is 5.40. The molecule has 3 aromatic rings. The molecular formula is C20H18ClN3O4S. The highest BCUT2D eigenvalue weighted by Gasteiger charge is 2.16. The molecule has 29 heavy (non-hydrogen) atoms. The summed E-state index contributed by atoms with van der Waals surface area (Å²) in [5, 5.41) is 5.77. The summed E-state index contributed by atoms with van der Waals surface area (Å²) in [4.78, 5) is 12.1. The van der Waals surface area contributed by atoms with Crippen molar-refractivity contribution >= 4 is 44.7 Å². The van der Waals surface area contributed by atoms with Crippen molar-refractivity contribution in [2.45, 2.75) is 4.90 Å². The van der Waals surface area contributed by atoms with Crippen molar-refractivity contribution in [1.82, 2.24) is 0 Å². The maximum atomic E-state index is 12.6. The number of anilines is 3. The fourth-order valence-electron chi connectivity index (χ4n) is 2.51. The van der Waals surface area contributed by atoms with Crippen molar-refractivity contribution in [3.05, 3.63) is 77.8 Å². The number of hydrogen-bond acceptors (Lipinski definition) is 4. The van der Waals surface area contributed by atoms with Gasteiger partial charge in [-0.25, -0.2) is 13.2 Å².